The van der Waals surface area contributed by atoms with Crippen LogP contribution in [0.5, 0.6) is 0 Å². The van der Waals surface area contributed by atoms with Crippen molar-refractivity contribution in [2.45, 2.75) is 6.92 Å². The number of hydrogen-bond donors (Lipinski definition) is 3. The molecule has 0 spiro atoms. The van der Waals surface area contributed by atoms with E-state index in [1.807, 2.05) is 18.4 Å². The first kappa shape index (κ1) is 14.7. The lowest BCUT2D eigenvalue weighted by Crippen LogP contribution is -2.31. The molecule has 0 unspecified atom stereocenters. The van der Waals surface area contributed by atoms with E-state index in [0.29, 0.717) is 16.1 Å². The normalized spacial score (nSPS) is 10.2. The molecule has 20 heavy (non-hydrogen) atoms. The predicted molar refractivity (Wildman–Crippen MR) is 82.8 cm³/mol. The monoisotopic (exact) mass is 353 g/mol. The first-order chi connectivity index (χ1) is 9.52. The van der Waals surface area contributed by atoms with Crippen molar-refractivity contribution in [3.05, 3.63) is 50.1 Å². The van der Waals surface area contributed by atoms with Gasteiger partial charge < -0.3 is 5.32 Å². The molecule has 2 amide bonds. The second-order valence-corrected chi connectivity index (χ2v) is 5.91. The molecule has 2 rings (SSSR count). The Bertz CT molecular complexity index is 656. The van der Waals surface area contributed by atoms with Crippen LogP contribution >= 0.6 is 27.3 Å². The zero-order valence-corrected chi connectivity index (χ0v) is 13.0. The number of carbonyl (C=O) groups is 2. The van der Waals surface area contributed by atoms with E-state index in [4.69, 9.17) is 5.84 Å². The molecular weight excluding hydrogens is 342 g/mol. The lowest BCUT2D eigenvalue weighted by Gasteiger charge is -2.13. The van der Waals surface area contributed by atoms with Gasteiger partial charge in [-0.15, -0.1) is 11.3 Å². The molecule has 0 fully saturated rings. The SMILES string of the molecule is Cc1cc(Br)cc(C(=O)NN)c1NC(=O)c1cccs1. The summed E-state index contributed by atoms with van der Waals surface area (Å²) in [6.07, 6.45) is 0. The smallest absolute Gasteiger partial charge is 0.267 e. The number of anilines is 1. The van der Waals surface area contributed by atoms with E-state index in [9.17, 15) is 9.59 Å². The molecule has 4 N–H and O–H groups in total. The highest BCUT2D eigenvalue weighted by Gasteiger charge is 2.17. The Morgan fingerprint density at radius 1 is 1.30 bits per heavy atom. The summed E-state index contributed by atoms with van der Waals surface area (Å²) >= 11 is 4.65. The quantitative estimate of drug-likeness (QED) is 0.450. The van der Waals surface area contributed by atoms with Gasteiger partial charge in [-0.2, -0.15) is 0 Å². The molecule has 1 aromatic heterocycles. The number of nitrogens with one attached hydrogen (secondary N) is 2. The molecule has 1 heterocycles. The molecule has 104 valence electrons. The van der Waals surface area contributed by atoms with Gasteiger partial charge in [0, 0.05) is 4.47 Å². The first-order valence-electron chi connectivity index (χ1n) is 5.69. The maximum atomic E-state index is 12.1. The van der Waals surface area contributed by atoms with Gasteiger partial charge in [0.2, 0.25) is 0 Å². The van der Waals surface area contributed by atoms with Crippen LogP contribution in [0.25, 0.3) is 0 Å². The van der Waals surface area contributed by atoms with Crippen molar-refractivity contribution in [2.24, 2.45) is 5.84 Å². The summed E-state index contributed by atoms with van der Waals surface area (Å²) in [5.41, 5.74) is 3.61. The lowest BCUT2D eigenvalue weighted by atomic mass is 10.1. The van der Waals surface area contributed by atoms with Crippen LogP contribution in [0.4, 0.5) is 5.69 Å². The molecule has 5 nitrogen and oxygen atoms in total. The number of carbonyl (C=O) groups excluding carboxylic acids is 2. The Labute approximate surface area is 128 Å². The van der Waals surface area contributed by atoms with Gasteiger partial charge in [0.15, 0.2) is 0 Å². The fraction of sp³-hybridized carbons (Fsp3) is 0.0769. The summed E-state index contributed by atoms with van der Waals surface area (Å²) in [6.45, 7) is 1.81. The third kappa shape index (κ3) is 3.06. The van der Waals surface area contributed by atoms with Gasteiger partial charge in [0.1, 0.15) is 0 Å². The van der Waals surface area contributed by atoms with E-state index < -0.39 is 5.91 Å². The number of thiophene rings is 1. The number of hydrogen-bond acceptors (Lipinski definition) is 4. The highest BCUT2D eigenvalue weighted by Crippen LogP contribution is 2.26. The van der Waals surface area contributed by atoms with Crippen LogP contribution in [-0.4, -0.2) is 11.8 Å². The summed E-state index contributed by atoms with van der Waals surface area (Å²) in [7, 11) is 0. The average molecular weight is 354 g/mol. The number of halogens is 1. The molecule has 0 aliphatic carbocycles. The van der Waals surface area contributed by atoms with Gasteiger partial charge in [0.05, 0.1) is 16.1 Å². The maximum absolute atomic E-state index is 12.1. The molecule has 2 aromatic rings. The van der Waals surface area contributed by atoms with Gasteiger partial charge in [-0.25, -0.2) is 5.84 Å². The maximum Gasteiger partial charge on any atom is 0.267 e. The summed E-state index contributed by atoms with van der Waals surface area (Å²) in [6, 6.07) is 6.94. The summed E-state index contributed by atoms with van der Waals surface area (Å²) in [4.78, 5) is 24.5. The molecule has 0 aliphatic rings. The molecule has 0 saturated heterocycles. The number of aryl methyl sites for hydroxylation is 1. The van der Waals surface area contributed by atoms with Crippen LogP contribution in [0.15, 0.2) is 34.1 Å². The highest BCUT2D eigenvalue weighted by molar-refractivity contribution is 9.10. The zero-order chi connectivity index (χ0) is 14.7. The van der Waals surface area contributed by atoms with E-state index in [-0.39, 0.29) is 5.91 Å². The first-order valence-corrected chi connectivity index (χ1v) is 7.36. The third-order valence-corrected chi connectivity index (χ3v) is 3.99. The largest absolute Gasteiger partial charge is 0.320 e. The lowest BCUT2D eigenvalue weighted by molar-refractivity contribution is 0.0954. The van der Waals surface area contributed by atoms with Gasteiger partial charge in [0.25, 0.3) is 11.8 Å². The summed E-state index contributed by atoms with van der Waals surface area (Å²) in [5, 5.41) is 4.57. The van der Waals surface area contributed by atoms with Crippen molar-refractivity contribution in [1.29, 1.82) is 0 Å². The highest BCUT2D eigenvalue weighted by atomic mass is 79.9. The summed E-state index contributed by atoms with van der Waals surface area (Å²) in [5.74, 6) is 4.46. The van der Waals surface area contributed by atoms with Crippen molar-refractivity contribution >= 4 is 44.8 Å². The molecule has 1 aromatic carbocycles. The second-order valence-electron chi connectivity index (χ2n) is 4.05. The van der Waals surface area contributed by atoms with E-state index in [1.54, 1.807) is 18.2 Å². The molecular formula is C13H12BrN3O2S. The van der Waals surface area contributed by atoms with Crippen LogP contribution < -0.4 is 16.6 Å². The number of benzene rings is 1. The zero-order valence-electron chi connectivity index (χ0n) is 10.6. The summed E-state index contributed by atoms with van der Waals surface area (Å²) < 4.78 is 0.739. The van der Waals surface area contributed by atoms with Crippen LogP contribution in [0.1, 0.15) is 25.6 Å². The molecule has 0 aliphatic heterocycles. The Kier molecular flexibility index (Phi) is 4.53. The number of hydrazine groups is 1. The molecule has 0 radical (unpaired) electrons. The Morgan fingerprint density at radius 3 is 2.65 bits per heavy atom. The minimum atomic E-state index is -0.462. The Morgan fingerprint density at radius 2 is 2.05 bits per heavy atom. The van der Waals surface area contributed by atoms with Crippen LogP contribution in [-0.2, 0) is 0 Å². The van der Waals surface area contributed by atoms with E-state index in [2.05, 4.69) is 26.7 Å². The average Bonchev–Trinajstić information content (AvgIpc) is 2.94. The van der Waals surface area contributed by atoms with Crippen LogP contribution in [0.2, 0.25) is 0 Å². The van der Waals surface area contributed by atoms with Crippen LogP contribution in [0.3, 0.4) is 0 Å². The molecule has 7 heteroatoms. The minimum absolute atomic E-state index is 0.253. The van der Waals surface area contributed by atoms with Crippen molar-refractivity contribution in [2.75, 3.05) is 5.32 Å². The molecule has 0 bridgehead atoms. The minimum Gasteiger partial charge on any atom is -0.320 e. The Hall–Kier alpha value is -1.70. The van der Waals surface area contributed by atoms with Crippen molar-refractivity contribution in [1.82, 2.24) is 5.43 Å². The fourth-order valence-corrected chi connectivity index (χ4v) is 2.94. The van der Waals surface area contributed by atoms with Crippen LogP contribution in [0, 0.1) is 6.92 Å². The third-order valence-electron chi connectivity index (χ3n) is 2.66. The van der Waals surface area contributed by atoms with Gasteiger partial charge in [-0.05, 0) is 36.1 Å². The van der Waals surface area contributed by atoms with Gasteiger partial charge >= 0.3 is 0 Å². The molecule has 0 atom stereocenters. The standard InChI is InChI=1S/C13H12BrN3O2S/c1-7-5-8(14)6-9(12(18)17-15)11(7)16-13(19)10-3-2-4-20-10/h2-6H,15H2,1H3,(H,16,19)(H,17,18). The molecule has 0 saturated carbocycles. The number of rotatable bonds is 3. The van der Waals surface area contributed by atoms with Gasteiger partial charge in [-0.3, -0.25) is 15.0 Å². The van der Waals surface area contributed by atoms with E-state index >= 15 is 0 Å². The number of nitrogens with two attached hydrogens (primary N) is 1. The predicted octanol–water partition coefficient (Wildman–Crippen LogP) is 2.67. The van der Waals surface area contributed by atoms with E-state index in [0.717, 1.165) is 10.0 Å². The van der Waals surface area contributed by atoms with Gasteiger partial charge in [-0.1, -0.05) is 22.0 Å². The van der Waals surface area contributed by atoms with Crippen molar-refractivity contribution < 1.29 is 9.59 Å². The second kappa shape index (κ2) is 6.17. The van der Waals surface area contributed by atoms with E-state index in [1.165, 1.54) is 11.3 Å². The topological polar surface area (TPSA) is 84.2 Å². The fourth-order valence-electron chi connectivity index (χ4n) is 1.75. The van der Waals surface area contributed by atoms with Crippen molar-refractivity contribution in [3.63, 3.8) is 0 Å². The number of nitrogen functional groups attached to an aromatic ring is 1. The Balaban J connectivity index is 2.40. The van der Waals surface area contributed by atoms with Crippen molar-refractivity contribution in [3.8, 4) is 0 Å². The number of amides is 2.